The van der Waals surface area contributed by atoms with Crippen LogP contribution in [-0.2, 0) is 0 Å². The molecule has 0 unspecified atom stereocenters. The largest absolute Gasteiger partial charge is 0.454 e. The van der Waals surface area contributed by atoms with Crippen LogP contribution in [0.3, 0.4) is 0 Å². The summed E-state index contributed by atoms with van der Waals surface area (Å²) in [6.45, 7) is 6.18. The maximum Gasteiger partial charge on any atom is 0.231 e. The minimum Gasteiger partial charge on any atom is -0.454 e. The van der Waals surface area contributed by atoms with E-state index in [0.29, 0.717) is 16.5 Å². The smallest absolute Gasteiger partial charge is 0.231 e. The molecule has 8 nitrogen and oxygen atoms in total. The molecule has 2 aromatic carbocycles. The lowest BCUT2D eigenvalue weighted by atomic mass is 10.2. The van der Waals surface area contributed by atoms with E-state index in [-0.39, 0.29) is 18.3 Å². The average molecular weight is 448 g/mol. The van der Waals surface area contributed by atoms with Crippen LogP contribution in [0.25, 0.3) is 11.4 Å². The van der Waals surface area contributed by atoms with E-state index in [9.17, 15) is 4.79 Å². The van der Waals surface area contributed by atoms with Crippen molar-refractivity contribution >= 4 is 17.5 Å². The maximum atomic E-state index is 13.1. The van der Waals surface area contributed by atoms with Crippen molar-refractivity contribution in [1.29, 1.82) is 0 Å². The van der Waals surface area contributed by atoms with Gasteiger partial charge < -0.3 is 14.0 Å². The van der Waals surface area contributed by atoms with Crippen molar-refractivity contribution in [2.45, 2.75) is 25.9 Å². The molecule has 1 aliphatic rings. The number of fused-ring (bicyclic) bond motifs is 1. The number of carbonyl (C=O) groups is 1. The molecule has 9 heteroatoms. The molecule has 1 aliphatic heterocycles. The van der Waals surface area contributed by atoms with Crippen molar-refractivity contribution in [3.63, 3.8) is 0 Å². The molecule has 0 radical (unpaired) electrons. The molecule has 162 valence electrons. The minimum atomic E-state index is 0.0221. The molecular formula is C23H21N5O3S. The third-order valence-electron chi connectivity index (χ3n) is 5.37. The molecule has 4 aromatic rings. The lowest BCUT2D eigenvalue weighted by Crippen LogP contribution is -2.07. The van der Waals surface area contributed by atoms with E-state index in [1.807, 2.05) is 69.3 Å². The molecule has 0 saturated heterocycles. The van der Waals surface area contributed by atoms with Crippen LogP contribution in [0, 0.1) is 20.8 Å². The van der Waals surface area contributed by atoms with Crippen LogP contribution in [0.1, 0.15) is 27.3 Å². The Hall–Kier alpha value is -3.59. The van der Waals surface area contributed by atoms with Gasteiger partial charge in [-0.15, -0.1) is 5.10 Å². The topological polar surface area (TPSA) is 84.1 Å². The van der Waals surface area contributed by atoms with Crippen LogP contribution in [0.15, 0.2) is 53.7 Å². The number of thioether (sulfide) groups is 1. The van der Waals surface area contributed by atoms with Gasteiger partial charge in [-0.2, -0.15) is 4.68 Å². The number of Topliss-reactive ketones (excluding diaryl/α,β-unsaturated/α-hetero) is 1. The third kappa shape index (κ3) is 3.64. The van der Waals surface area contributed by atoms with Crippen LogP contribution in [0.2, 0.25) is 0 Å². The number of rotatable bonds is 6. The van der Waals surface area contributed by atoms with Gasteiger partial charge in [-0.25, -0.2) is 0 Å². The lowest BCUT2D eigenvalue weighted by molar-refractivity contribution is 0.102. The van der Waals surface area contributed by atoms with Crippen LogP contribution in [0.4, 0.5) is 0 Å². The SMILES string of the molecule is Cc1cccc(-n2nnnc2SCC(=O)c2cc(C)n(-c3ccc4c(c3)OCO4)c2C)c1. The second-order valence-electron chi connectivity index (χ2n) is 7.58. The number of aryl methyl sites for hydroxylation is 2. The Morgan fingerprint density at radius 2 is 1.88 bits per heavy atom. The van der Waals surface area contributed by atoms with Crippen LogP contribution in [0.5, 0.6) is 11.5 Å². The van der Waals surface area contributed by atoms with Crippen LogP contribution in [-0.4, -0.2) is 43.1 Å². The predicted molar refractivity (Wildman–Crippen MR) is 120 cm³/mol. The van der Waals surface area contributed by atoms with Crippen molar-refractivity contribution in [2.75, 3.05) is 12.5 Å². The van der Waals surface area contributed by atoms with Crippen molar-refractivity contribution in [2.24, 2.45) is 0 Å². The Morgan fingerprint density at radius 1 is 1.03 bits per heavy atom. The van der Waals surface area contributed by atoms with Gasteiger partial charge in [0.2, 0.25) is 11.9 Å². The Labute approximate surface area is 189 Å². The van der Waals surface area contributed by atoms with E-state index in [1.165, 1.54) is 11.8 Å². The van der Waals surface area contributed by atoms with Gasteiger partial charge >= 0.3 is 0 Å². The highest BCUT2D eigenvalue weighted by molar-refractivity contribution is 7.99. The lowest BCUT2D eigenvalue weighted by Gasteiger charge is -2.10. The first-order valence-corrected chi connectivity index (χ1v) is 11.1. The summed E-state index contributed by atoms with van der Waals surface area (Å²) < 4.78 is 14.6. The summed E-state index contributed by atoms with van der Waals surface area (Å²) in [6.07, 6.45) is 0. The fourth-order valence-electron chi connectivity index (χ4n) is 3.87. The monoisotopic (exact) mass is 447 g/mol. The summed E-state index contributed by atoms with van der Waals surface area (Å²) in [5.74, 6) is 1.70. The first kappa shape index (κ1) is 20.3. The first-order chi connectivity index (χ1) is 15.5. The summed E-state index contributed by atoms with van der Waals surface area (Å²) >= 11 is 1.32. The molecular weight excluding hydrogens is 426 g/mol. The number of nitrogens with zero attached hydrogens (tertiary/aromatic N) is 5. The fourth-order valence-corrected chi connectivity index (χ4v) is 4.64. The van der Waals surface area contributed by atoms with Crippen molar-refractivity contribution < 1.29 is 14.3 Å². The normalized spacial score (nSPS) is 12.3. The van der Waals surface area contributed by atoms with E-state index in [4.69, 9.17) is 9.47 Å². The Kier molecular flexibility index (Phi) is 5.18. The molecule has 2 aromatic heterocycles. The fraction of sp³-hybridized carbons (Fsp3) is 0.217. The Bertz CT molecular complexity index is 1330. The molecule has 0 spiro atoms. The number of hydrogen-bond acceptors (Lipinski definition) is 7. The number of benzene rings is 2. The van der Waals surface area contributed by atoms with Gasteiger partial charge in [0.25, 0.3) is 0 Å². The van der Waals surface area contributed by atoms with Gasteiger partial charge in [0, 0.05) is 28.7 Å². The molecule has 0 N–H and O–H groups in total. The molecule has 0 aliphatic carbocycles. The molecule has 0 amide bonds. The third-order valence-corrected chi connectivity index (χ3v) is 6.28. The van der Waals surface area contributed by atoms with Gasteiger partial charge in [-0.05, 0) is 67.1 Å². The van der Waals surface area contributed by atoms with Crippen molar-refractivity contribution in [1.82, 2.24) is 24.8 Å². The first-order valence-electron chi connectivity index (χ1n) is 10.1. The average Bonchev–Trinajstić information content (AvgIpc) is 3.50. The van der Waals surface area contributed by atoms with E-state index in [0.717, 1.165) is 34.1 Å². The van der Waals surface area contributed by atoms with Gasteiger partial charge in [0.1, 0.15) is 0 Å². The molecule has 0 fully saturated rings. The molecule has 5 rings (SSSR count). The molecule has 0 saturated carbocycles. The summed E-state index contributed by atoms with van der Waals surface area (Å²) in [5, 5.41) is 12.5. The molecule has 3 heterocycles. The maximum absolute atomic E-state index is 13.1. The molecule has 0 atom stereocenters. The van der Waals surface area contributed by atoms with Gasteiger partial charge in [-0.3, -0.25) is 4.79 Å². The number of carbonyl (C=O) groups excluding carboxylic acids is 1. The minimum absolute atomic E-state index is 0.0221. The number of ketones is 1. The number of ether oxygens (including phenoxy) is 2. The Balaban J connectivity index is 1.37. The van der Waals surface area contributed by atoms with E-state index >= 15 is 0 Å². The molecule has 0 bridgehead atoms. The number of tetrazole rings is 1. The van der Waals surface area contributed by atoms with Crippen LogP contribution < -0.4 is 9.47 Å². The zero-order chi connectivity index (χ0) is 22.2. The number of aromatic nitrogens is 5. The summed E-state index contributed by atoms with van der Waals surface area (Å²) in [4.78, 5) is 13.1. The van der Waals surface area contributed by atoms with Crippen molar-refractivity contribution in [3.05, 3.63) is 71.0 Å². The second-order valence-corrected chi connectivity index (χ2v) is 8.52. The zero-order valence-corrected chi connectivity index (χ0v) is 18.7. The van der Waals surface area contributed by atoms with Gasteiger partial charge in [0.05, 0.1) is 11.4 Å². The highest BCUT2D eigenvalue weighted by Gasteiger charge is 2.20. The van der Waals surface area contributed by atoms with Crippen LogP contribution >= 0.6 is 11.8 Å². The Morgan fingerprint density at radius 3 is 2.72 bits per heavy atom. The highest BCUT2D eigenvalue weighted by Crippen LogP contribution is 2.35. The quantitative estimate of drug-likeness (QED) is 0.325. The van der Waals surface area contributed by atoms with E-state index in [2.05, 4.69) is 20.1 Å². The zero-order valence-electron chi connectivity index (χ0n) is 17.9. The highest BCUT2D eigenvalue weighted by atomic mass is 32.2. The summed E-state index contributed by atoms with van der Waals surface area (Å²) in [5.41, 5.74) is 5.44. The summed E-state index contributed by atoms with van der Waals surface area (Å²) in [6, 6.07) is 15.6. The number of hydrogen-bond donors (Lipinski definition) is 0. The van der Waals surface area contributed by atoms with Gasteiger partial charge in [0.15, 0.2) is 17.3 Å². The molecule has 32 heavy (non-hydrogen) atoms. The van der Waals surface area contributed by atoms with Crippen molar-refractivity contribution in [3.8, 4) is 22.9 Å². The second kappa shape index (κ2) is 8.16. The van der Waals surface area contributed by atoms with E-state index in [1.54, 1.807) is 4.68 Å². The van der Waals surface area contributed by atoms with E-state index < -0.39 is 0 Å². The summed E-state index contributed by atoms with van der Waals surface area (Å²) in [7, 11) is 0. The van der Waals surface area contributed by atoms with Gasteiger partial charge in [-0.1, -0.05) is 23.9 Å². The standard InChI is InChI=1S/C23H21N5O3S/c1-14-5-4-6-18(9-14)28-23(24-25-26-28)32-12-20(29)19-10-15(2)27(16(19)3)17-7-8-21-22(11-17)31-13-30-21/h4-11H,12-13H2,1-3H3. The predicted octanol–water partition coefficient (Wildman–Crippen LogP) is 4.08.